The average molecular weight is 334 g/mol. The summed E-state index contributed by atoms with van der Waals surface area (Å²) in [5.74, 6) is 0. The van der Waals surface area contributed by atoms with Crippen molar-refractivity contribution in [2.24, 2.45) is 0 Å². The fourth-order valence-corrected chi connectivity index (χ4v) is 4.02. The number of hydrogen-bond donors (Lipinski definition) is 0. The van der Waals surface area contributed by atoms with Gasteiger partial charge < -0.3 is 4.90 Å². The highest BCUT2D eigenvalue weighted by molar-refractivity contribution is 7.86. The highest BCUT2D eigenvalue weighted by Gasteiger charge is 2.29. The van der Waals surface area contributed by atoms with Crippen molar-refractivity contribution < 1.29 is 8.42 Å². The number of rotatable bonds is 3. The molecule has 0 spiro atoms. The minimum atomic E-state index is -3.33. The van der Waals surface area contributed by atoms with E-state index in [4.69, 9.17) is 0 Å². The normalized spacial score (nSPS) is 17.1. The van der Waals surface area contributed by atoms with Gasteiger partial charge in [-0.15, -0.1) is 0 Å². The maximum atomic E-state index is 12.2. The van der Waals surface area contributed by atoms with Crippen molar-refractivity contribution >= 4 is 26.8 Å². The van der Waals surface area contributed by atoms with Crippen LogP contribution in [0.2, 0.25) is 0 Å². The molecule has 124 valence electrons. The van der Waals surface area contributed by atoms with Crippen LogP contribution in [0.25, 0.3) is 10.9 Å². The molecule has 7 heteroatoms. The van der Waals surface area contributed by atoms with Crippen LogP contribution in [0.4, 0.5) is 5.69 Å². The van der Waals surface area contributed by atoms with Gasteiger partial charge in [0, 0.05) is 57.0 Å². The molecule has 0 atom stereocenters. The van der Waals surface area contributed by atoms with E-state index in [1.165, 1.54) is 4.31 Å². The Kier molecular flexibility index (Phi) is 4.27. The lowest BCUT2D eigenvalue weighted by Gasteiger charge is -2.36. The van der Waals surface area contributed by atoms with Gasteiger partial charge in [-0.1, -0.05) is 18.2 Å². The lowest BCUT2D eigenvalue weighted by Crippen LogP contribution is -2.51. The molecule has 0 unspecified atom stereocenters. The molecular formula is C16H22N4O2S. The Labute approximate surface area is 137 Å². The molecule has 0 bridgehead atoms. The number of pyridine rings is 1. The summed E-state index contributed by atoms with van der Waals surface area (Å²) in [6.07, 6.45) is 0. The van der Waals surface area contributed by atoms with Gasteiger partial charge in [0.25, 0.3) is 10.2 Å². The molecule has 0 amide bonds. The molecule has 1 aromatic heterocycles. The number of nitrogens with zero attached hydrogens (tertiary/aromatic N) is 4. The van der Waals surface area contributed by atoms with Crippen molar-refractivity contribution in [1.82, 2.24) is 13.6 Å². The minimum absolute atomic E-state index is 0.496. The number of piperazine rings is 1. The van der Waals surface area contributed by atoms with Crippen LogP contribution < -0.4 is 4.90 Å². The molecule has 0 aliphatic carbocycles. The minimum Gasteiger partial charge on any atom is -0.368 e. The van der Waals surface area contributed by atoms with Crippen LogP contribution in [-0.2, 0) is 10.2 Å². The molecular weight excluding hydrogens is 312 g/mol. The van der Waals surface area contributed by atoms with Gasteiger partial charge in [-0.3, -0.25) is 4.98 Å². The van der Waals surface area contributed by atoms with Crippen molar-refractivity contribution in [1.29, 1.82) is 0 Å². The summed E-state index contributed by atoms with van der Waals surface area (Å²) < 4.78 is 27.3. The molecule has 0 N–H and O–H groups in total. The molecule has 23 heavy (non-hydrogen) atoms. The summed E-state index contributed by atoms with van der Waals surface area (Å²) in [5, 5.41) is 1.11. The molecule has 1 aliphatic heterocycles. The number of aromatic nitrogens is 1. The number of anilines is 1. The van der Waals surface area contributed by atoms with E-state index in [2.05, 4.69) is 22.0 Å². The Morgan fingerprint density at radius 1 is 1.09 bits per heavy atom. The predicted molar refractivity (Wildman–Crippen MR) is 92.9 cm³/mol. The second-order valence-electron chi connectivity index (χ2n) is 5.98. The first-order chi connectivity index (χ1) is 10.9. The van der Waals surface area contributed by atoms with Crippen LogP contribution in [-0.4, -0.2) is 62.3 Å². The average Bonchev–Trinajstić information content (AvgIpc) is 2.54. The van der Waals surface area contributed by atoms with Crippen LogP contribution in [0.1, 0.15) is 5.69 Å². The number of fused-ring (bicyclic) bond motifs is 1. The van der Waals surface area contributed by atoms with Crippen LogP contribution in [0, 0.1) is 6.92 Å². The standard InChI is InChI=1S/C16H22N4O2S/c1-13-12-16(14-6-4-5-7-15(14)17-13)19-8-10-20(11-9-19)23(21,22)18(2)3/h4-7,12H,8-11H2,1-3H3. The van der Waals surface area contributed by atoms with Gasteiger partial charge in [0.15, 0.2) is 0 Å². The number of hydrogen-bond acceptors (Lipinski definition) is 4. The van der Waals surface area contributed by atoms with Gasteiger partial charge in [-0.05, 0) is 19.1 Å². The third kappa shape index (κ3) is 3.04. The maximum absolute atomic E-state index is 12.2. The van der Waals surface area contributed by atoms with Gasteiger partial charge in [0.1, 0.15) is 0 Å². The summed E-state index contributed by atoms with van der Waals surface area (Å²) in [7, 11) is -0.187. The van der Waals surface area contributed by atoms with E-state index in [-0.39, 0.29) is 0 Å². The highest BCUT2D eigenvalue weighted by Crippen LogP contribution is 2.28. The van der Waals surface area contributed by atoms with Crippen LogP contribution in [0.5, 0.6) is 0 Å². The summed E-state index contributed by atoms with van der Waals surface area (Å²) in [4.78, 5) is 6.82. The largest absolute Gasteiger partial charge is 0.368 e. The first-order valence-corrected chi connectivity index (χ1v) is 9.08. The molecule has 0 saturated carbocycles. The second-order valence-corrected chi connectivity index (χ2v) is 8.12. The third-order valence-corrected chi connectivity index (χ3v) is 6.13. The Bertz CT molecular complexity index is 812. The Morgan fingerprint density at radius 3 is 2.39 bits per heavy atom. The fourth-order valence-electron chi connectivity index (χ4n) is 2.94. The van der Waals surface area contributed by atoms with Crippen LogP contribution >= 0.6 is 0 Å². The topological polar surface area (TPSA) is 56.8 Å². The summed E-state index contributed by atoms with van der Waals surface area (Å²) >= 11 is 0. The fraction of sp³-hybridized carbons (Fsp3) is 0.438. The molecule has 1 aromatic carbocycles. The van der Waals surface area contributed by atoms with E-state index < -0.39 is 10.2 Å². The monoisotopic (exact) mass is 334 g/mol. The molecule has 1 saturated heterocycles. The van der Waals surface area contributed by atoms with Crippen molar-refractivity contribution in [2.45, 2.75) is 6.92 Å². The Balaban J connectivity index is 1.86. The van der Waals surface area contributed by atoms with Crippen molar-refractivity contribution in [2.75, 3.05) is 45.2 Å². The molecule has 6 nitrogen and oxygen atoms in total. The SMILES string of the molecule is Cc1cc(N2CCN(S(=O)(=O)N(C)C)CC2)c2ccccc2n1. The van der Waals surface area contributed by atoms with E-state index in [0.29, 0.717) is 26.2 Å². The lowest BCUT2D eigenvalue weighted by molar-refractivity contribution is 0.356. The summed E-state index contributed by atoms with van der Waals surface area (Å²) in [5.41, 5.74) is 3.09. The lowest BCUT2D eigenvalue weighted by atomic mass is 10.1. The first kappa shape index (κ1) is 16.2. The quantitative estimate of drug-likeness (QED) is 0.853. The molecule has 1 aliphatic rings. The molecule has 3 rings (SSSR count). The molecule has 1 fully saturated rings. The zero-order valence-electron chi connectivity index (χ0n) is 13.7. The van der Waals surface area contributed by atoms with Crippen molar-refractivity contribution in [3.63, 3.8) is 0 Å². The van der Waals surface area contributed by atoms with Crippen molar-refractivity contribution in [3.05, 3.63) is 36.0 Å². The van der Waals surface area contributed by atoms with Gasteiger partial charge >= 0.3 is 0 Å². The molecule has 2 heterocycles. The van der Waals surface area contributed by atoms with E-state index in [9.17, 15) is 8.42 Å². The zero-order valence-corrected chi connectivity index (χ0v) is 14.5. The summed E-state index contributed by atoms with van der Waals surface area (Å²) in [6.45, 7) is 4.34. The summed E-state index contributed by atoms with van der Waals surface area (Å²) in [6, 6.07) is 10.2. The predicted octanol–water partition coefficient (Wildman–Crippen LogP) is 1.47. The highest BCUT2D eigenvalue weighted by atomic mass is 32.2. The van der Waals surface area contributed by atoms with Gasteiger partial charge in [-0.25, -0.2) is 0 Å². The smallest absolute Gasteiger partial charge is 0.281 e. The van der Waals surface area contributed by atoms with Crippen LogP contribution in [0.15, 0.2) is 30.3 Å². The Morgan fingerprint density at radius 2 is 1.74 bits per heavy atom. The number of aryl methyl sites for hydroxylation is 1. The van der Waals surface area contributed by atoms with Gasteiger partial charge in [-0.2, -0.15) is 17.0 Å². The van der Waals surface area contributed by atoms with Crippen molar-refractivity contribution in [3.8, 4) is 0 Å². The Hall–Kier alpha value is -1.70. The third-order valence-electron chi connectivity index (χ3n) is 4.19. The maximum Gasteiger partial charge on any atom is 0.281 e. The van der Waals surface area contributed by atoms with E-state index >= 15 is 0 Å². The van der Waals surface area contributed by atoms with E-state index in [1.807, 2.05) is 25.1 Å². The zero-order chi connectivity index (χ0) is 16.6. The molecule has 2 aromatic rings. The van der Waals surface area contributed by atoms with Gasteiger partial charge in [0.2, 0.25) is 0 Å². The van der Waals surface area contributed by atoms with Gasteiger partial charge in [0.05, 0.1) is 5.52 Å². The van der Waals surface area contributed by atoms with Crippen LogP contribution in [0.3, 0.4) is 0 Å². The second kappa shape index (κ2) is 6.07. The van der Waals surface area contributed by atoms with E-state index in [0.717, 1.165) is 22.3 Å². The first-order valence-electron chi connectivity index (χ1n) is 7.68. The number of benzene rings is 1. The van der Waals surface area contributed by atoms with E-state index in [1.54, 1.807) is 18.4 Å². The molecule has 0 radical (unpaired) electrons. The number of para-hydroxylation sites is 1.